The molecular weight excluding hydrogens is 437 g/mol. The first-order valence-corrected chi connectivity index (χ1v) is 11.1. The van der Waals surface area contributed by atoms with Gasteiger partial charge in [0.2, 0.25) is 0 Å². The van der Waals surface area contributed by atoms with Gasteiger partial charge in [-0.3, -0.25) is 4.79 Å². The molecule has 2 aliphatic heterocycles. The summed E-state index contributed by atoms with van der Waals surface area (Å²) >= 11 is 0. The molecular formula is C25H24FN5O3. The van der Waals surface area contributed by atoms with E-state index in [1.165, 1.54) is 30.3 Å². The van der Waals surface area contributed by atoms with Gasteiger partial charge in [0, 0.05) is 48.7 Å². The second-order valence-corrected chi connectivity index (χ2v) is 8.67. The number of fused-ring (bicyclic) bond motifs is 4. The number of aromatic nitrogens is 1. The zero-order chi connectivity index (χ0) is 23.7. The van der Waals surface area contributed by atoms with E-state index in [-0.39, 0.29) is 29.2 Å². The largest absolute Gasteiger partial charge is 0.324 e. The van der Waals surface area contributed by atoms with Crippen LogP contribution in [0.4, 0.5) is 31.0 Å². The van der Waals surface area contributed by atoms with Crippen molar-refractivity contribution < 1.29 is 14.0 Å². The van der Waals surface area contributed by atoms with E-state index in [2.05, 4.69) is 16.0 Å². The van der Waals surface area contributed by atoms with Gasteiger partial charge in [-0.25, -0.2) is 14.0 Å². The van der Waals surface area contributed by atoms with Crippen LogP contribution in [0.1, 0.15) is 18.0 Å². The Balaban J connectivity index is 1.35. The number of nitrogens with zero attached hydrogens (tertiary/aromatic N) is 2. The molecule has 8 nitrogen and oxygen atoms in total. The second kappa shape index (κ2) is 9.01. The fourth-order valence-corrected chi connectivity index (χ4v) is 4.83. The number of likely N-dealkylation sites (tertiary alicyclic amines) is 1. The van der Waals surface area contributed by atoms with Crippen LogP contribution < -0.4 is 21.5 Å². The fourth-order valence-electron chi connectivity index (χ4n) is 4.83. The summed E-state index contributed by atoms with van der Waals surface area (Å²) in [5.74, 6) is -0.354. The molecule has 174 valence electrons. The molecule has 0 saturated carbocycles. The van der Waals surface area contributed by atoms with Crippen molar-refractivity contribution >= 4 is 29.1 Å². The maximum atomic E-state index is 13.2. The lowest BCUT2D eigenvalue weighted by atomic mass is 9.82. The molecule has 34 heavy (non-hydrogen) atoms. The summed E-state index contributed by atoms with van der Waals surface area (Å²) in [6.45, 7) is 1.39. The number of anilines is 3. The van der Waals surface area contributed by atoms with Gasteiger partial charge in [0.15, 0.2) is 0 Å². The molecule has 2 aliphatic rings. The van der Waals surface area contributed by atoms with Gasteiger partial charge in [0.05, 0.1) is 5.69 Å². The third kappa shape index (κ3) is 4.50. The second-order valence-electron chi connectivity index (χ2n) is 8.67. The van der Waals surface area contributed by atoms with Gasteiger partial charge < -0.3 is 25.4 Å². The minimum Gasteiger partial charge on any atom is -0.324 e. The number of hydrogen-bond donors (Lipinski definition) is 3. The summed E-state index contributed by atoms with van der Waals surface area (Å²) in [7, 11) is 0. The number of benzene rings is 2. The topological polar surface area (TPSA) is 95.5 Å². The molecule has 2 bridgehead atoms. The third-order valence-corrected chi connectivity index (χ3v) is 6.25. The highest BCUT2D eigenvalue weighted by atomic mass is 19.1. The van der Waals surface area contributed by atoms with Crippen molar-refractivity contribution in [3.8, 4) is 0 Å². The van der Waals surface area contributed by atoms with E-state index in [4.69, 9.17) is 0 Å². The molecule has 2 aromatic carbocycles. The maximum absolute atomic E-state index is 13.2. The van der Waals surface area contributed by atoms with Crippen molar-refractivity contribution in [1.29, 1.82) is 0 Å². The average Bonchev–Trinajstić information content (AvgIpc) is 2.83. The van der Waals surface area contributed by atoms with Crippen LogP contribution in [-0.2, 0) is 6.54 Å². The standard InChI is InChI=1S/C25H24FN5O3/c26-18-6-8-20(9-7-18)28-25(34)30-13-16-12-17(15-30)23-21(10-11-22(32)31(23)14-16)29-24(33)27-19-4-2-1-3-5-19/h1-11,16-17H,12-15H2,(H,28,34)(H2,27,29,33)/t16-,17+/m0/s1. The van der Waals surface area contributed by atoms with Crippen molar-refractivity contribution in [2.45, 2.75) is 18.9 Å². The predicted molar refractivity (Wildman–Crippen MR) is 128 cm³/mol. The molecule has 0 spiro atoms. The van der Waals surface area contributed by atoms with Gasteiger partial charge in [-0.2, -0.15) is 0 Å². The molecule has 1 aromatic heterocycles. The molecule has 0 aliphatic carbocycles. The summed E-state index contributed by atoms with van der Waals surface area (Å²) in [5, 5.41) is 8.47. The van der Waals surface area contributed by atoms with E-state index in [1.807, 2.05) is 18.2 Å². The Morgan fingerprint density at radius 1 is 0.824 bits per heavy atom. The Labute approximate surface area is 195 Å². The first kappa shape index (κ1) is 21.7. The van der Waals surface area contributed by atoms with Crippen LogP contribution in [0.2, 0.25) is 0 Å². The van der Waals surface area contributed by atoms with E-state index in [1.54, 1.807) is 27.7 Å². The molecule has 3 heterocycles. The molecule has 3 N–H and O–H groups in total. The highest BCUT2D eigenvalue weighted by molar-refractivity contribution is 6.00. The Morgan fingerprint density at radius 3 is 2.32 bits per heavy atom. The van der Waals surface area contributed by atoms with Gasteiger partial charge in [0.1, 0.15) is 5.82 Å². The van der Waals surface area contributed by atoms with E-state index in [9.17, 15) is 18.8 Å². The minimum absolute atomic E-state index is 0.104. The summed E-state index contributed by atoms with van der Waals surface area (Å²) in [4.78, 5) is 39.9. The van der Waals surface area contributed by atoms with Crippen LogP contribution in [-0.4, -0.2) is 34.6 Å². The summed E-state index contributed by atoms with van der Waals surface area (Å²) in [5.41, 5.74) is 2.33. The smallest absolute Gasteiger partial charge is 0.323 e. The van der Waals surface area contributed by atoms with Gasteiger partial charge >= 0.3 is 12.1 Å². The summed E-state index contributed by atoms with van der Waals surface area (Å²) in [6.07, 6.45) is 0.818. The zero-order valence-corrected chi connectivity index (χ0v) is 18.3. The monoisotopic (exact) mass is 461 g/mol. The molecule has 1 saturated heterocycles. The lowest BCUT2D eigenvalue weighted by molar-refractivity contribution is 0.140. The number of carbonyl (C=O) groups is 2. The number of halogens is 1. The predicted octanol–water partition coefficient (Wildman–Crippen LogP) is 4.28. The number of hydrogen-bond acceptors (Lipinski definition) is 3. The maximum Gasteiger partial charge on any atom is 0.323 e. The number of piperidine rings is 1. The van der Waals surface area contributed by atoms with Crippen molar-refractivity contribution in [2.24, 2.45) is 5.92 Å². The van der Waals surface area contributed by atoms with Gasteiger partial charge in [-0.05, 0) is 54.8 Å². The molecule has 9 heteroatoms. The summed E-state index contributed by atoms with van der Waals surface area (Å²) < 4.78 is 14.9. The quantitative estimate of drug-likeness (QED) is 0.543. The number of carbonyl (C=O) groups excluding carboxylic acids is 2. The average molecular weight is 461 g/mol. The Hall–Kier alpha value is -4.14. The van der Waals surface area contributed by atoms with Crippen LogP contribution in [0.5, 0.6) is 0 Å². The van der Waals surface area contributed by atoms with Gasteiger partial charge in [-0.15, -0.1) is 0 Å². The van der Waals surface area contributed by atoms with Crippen LogP contribution in [0.15, 0.2) is 71.5 Å². The number of amides is 4. The molecule has 5 rings (SSSR count). The Bertz CT molecular complexity index is 1280. The zero-order valence-electron chi connectivity index (χ0n) is 18.3. The fraction of sp³-hybridized carbons (Fsp3) is 0.240. The van der Waals surface area contributed by atoms with Crippen molar-refractivity contribution in [1.82, 2.24) is 9.47 Å². The highest BCUT2D eigenvalue weighted by Crippen LogP contribution is 2.38. The summed E-state index contributed by atoms with van der Waals surface area (Å²) in [6, 6.07) is 17.1. The Kier molecular flexibility index (Phi) is 5.75. The van der Waals surface area contributed by atoms with Crippen LogP contribution in [0.25, 0.3) is 0 Å². The number of rotatable bonds is 3. The van der Waals surface area contributed by atoms with E-state index in [0.717, 1.165) is 12.1 Å². The molecule has 2 atom stereocenters. The third-order valence-electron chi connectivity index (χ3n) is 6.25. The lowest BCUT2D eigenvalue weighted by Gasteiger charge is -2.43. The van der Waals surface area contributed by atoms with Crippen LogP contribution in [0.3, 0.4) is 0 Å². The van der Waals surface area contributed by atoms with Crippen LogP contribution >= 0.6 is 0 Å². The number of pyridine rings is 1. The molecule has 0 radical (unpaired) electrons. The molecule has 4 amide bonds. The normalized spacial score (nSPS) is 18.6. The molecule has 3 aromatic rings. The highest BCUT2D eigenvalue weighted by Gasteiger charge is 2.38. The Morgan fingerprint density at radius 2 is 1.56 bits per heavy atom. The number of urea groups is 2. The lowest BCUT2D eigenvalue weighted by Crippen LogP contribution is -2.50. The van der Waals surface area contributed by atoms with Crippen molar-refractivity contribution in [3.63, 3.8) is 0 Å². The van der Waals surface area contributed by atoms with Gasteiger partial charge in [-0.1, -0.05) is 18.2 Å². The molecule has 1 fully saturated rings. The van der Waals surface area contributed by atoms with Crippen molar-refractivity contribution in [2.75, 3.05) is 29.0 Å². The SMILES string of the molecule is O=C(Nc1ccccc1)Nc1ccc(=O)n2c1[C@@H]1C[C@@H](CN(C(=O)Nc3ccc(F)cc3)C1)C2. The number of para-hydroxylation sites is 1. The van der Waals surface area contributed by atoms with Crippen LogP contribution in [0, 0.1) is 11.7 Å². The van der Waals surface area contributed by atoms with E-state index >= 15 is 0 Å². The first-order chi connectivity index (χ1) is 16.5. The first-order valence-electron chi connectivity index (χ1n) is 11.1. The van der Waals surface area contributed by atoms with E-state index in [0.29, 0.717) is 36.7 Å². The van der Waals surface area contributed by atoms with Crippen molar-refractivity contribution in [3.05, 3.63) is 88.6 Å². The minimum atomic E-state index is -0.406. The molecule has 0 unspecified atom stereocenters. The number of nitrogens with one attached hydrogen (secondary N) is 3. The van der Waals surface area contributed by atoms with E-state index < -0.39 is 6.03 Å². The van der Waals surface area contributed by atoms with Gasteiger partial charge in [0.25, 0.3) is 5.56 Å².